The molecule has 0 atom stereocenters. The summed E-state index contributed by atoms with van der Waals surface area (Å²) in [5.74, 6) is 1.89. The van der Waals surface area contributed by atoms with Gasteiger partial charge in [-0.2, -0.15) is 0 Å². The molecule has 11 aromatic rings. The number of hydrogen-bond donors (Lipinski definition) is 0. The van der Waals surface area contributed by atoms with Gasteiger partial charge in [0.1, 0.15) is 11.2 Å². The maximum absolute atomic E-state index is 6.28. The van der Waals surface area contributed by atoms with Crippen LogP contribution < -0.4 is 0 Å². The number of benzene rings is 8. The largest absolute Gasteiger partial charge is 0.456 e. The van der Waals surface area contributed by atoms with Crippen LogP contribution in [0.2, 0.25) is 0 Å². The van der Waals surface area contributed by atoms with E-state index < -0.39 is 0 Å². The van der Waals surface area contributed by atoms with Crippen molar-refractivity contribution in [1.29, 1.82) is 0 Å². The number of hydrogen-bond acceptors (Lipinski definition) is 5. The van der Waals surface area contributed by atoms with Gasteiger partial charge >= 0.3 is 0 Å². The highest BCUT2D eigenvalue weighted by Crippen LogP contribution is 2.41. The first-order valence-electron chi connectivity index (χ1n) is 16.7. The minimum absolute atomic E-state index is 0.615. The number of thiophene rings is 1. The molecule has 3 aromatic heterocycles. The predicted octanol–water partition coefficient (Wildman–Crippen LogP) is 12.6. The first-order valence-corrected chi connectivity index (χ1v) is 17.5. The molecule has 4 nitrogen and oxygen atoms in total. The van der Waals surface area contributed by atoms with Crippen LogP contribution in [0.5, 0.6) is 0 Å². The van der Waals surface area contributed by atoms with Crippen molar-refractivity contribution in [3.05, 3.63) is 152 Å². The zero-order valence-electron chi connectivity index (χ0n) is 26.6. The Kier molecular flexibility index (Phi) is 5.80. The molecule has 11 rings (SSSR count). The Balaban J connectivity index is 1.18. The van der Waals surface area contributed by atoms with E-state index in [1.165, 1.54) is 47.1 Å². The Morgan fingerprint density at radius 1 is 0.380 bits per heavy atom. The molecule has 0 aliphatic carbocycles. The van der Waals surface area contributed by atoms with Gasteiger partial charge < -0.3 is 4.42 Å². The average Bonchev–Trinajstić information content (AvgIpc) is 3.76. The van der Waals surface area contributed by atoms with Crippen LogP contribution in [0.25, 0.3) is 109 Å². The summed E-state index contributed by atoms with van der Waals surface area (Å²) in [7, 11) is 0. The van der Waals surface area contributed by atoms with Gasteiger partial charge in [0.25, 0.3) is 0 Å². The molecule has 50 heavy (non-hydrogen) atoms. The molecule has 232 valence electrons. The van der Waals surface area contributed by atoms with E-state index in [0.29, 0.717) is 17.5 Å². The molecule has 0 aliphatic rings. The van der Waals surface area contributed by atoms with E-state index in [4.69, 9.17) is 19.4 Å². The molecule has 0 spiro atoms. The van der Waals surface area contributed by atoms with E-state index in [1.807, 2.05) is 30.3 Å². The quantitative estimate of drug-likeness (QED) is 0.178. The van der Waals surface area contributed by atoms with Gasteiger partial charge in [-0.05, 0) is 62.6 Å². The fraction of sp³-hybridized carbons (Fsp3) is 0. The Morgan fingerprint density at radius 2 is 0.980 bits per heavy atom. The number of rotatable bonds is 3. The van der Waals surface area contributed by atoms with Crippen LogP contribution in [0.1, 0.15) is 0 Å². The van der Waals surface area contributed by atoms with E-state index in [0.717, 1.165) is 44.0 Å². The standard InChI is InChI=1S/C45H25N3OS/c1-2-10-29-26(9-1)19-23-32-30-22-21-28(25-27(30)20-24-31(29)32)43-46-44(35-13-7-16-38-41(35)33-11-3-5-15-37(33)49-38)48-45(47-43)36-14-8-18-40-42(36)34-12-4-6-17-39(34)50-40/h1-25H. The highest BCUT2D eigenvalue weighted by Gasteiger charge is 2.20. The van der Waals surface area contributed by atoms with Crippen molar-refractivity contribution in [2.45, 2.75) is 0 Å². The molecule has 0 saturated heterocycles. The van der Waals surface area contributed by atoms with Crippen molar-refractivity contribution in [3.8, 4) is 34.2 Å². The third-order valence-electron chi connectivity index (χ3n) is 9.92. The molecule has 5 heteroatoms. The average molecular weight is 656 g/mol. The summed E-state index contributed by atoms with van der Waals surface area (Å²) >= 11 is 1.80. The summed E-state index contributed by atoms with van der Waals surface area (Å²) < 4.78 is 8.73. The summed E-state index contributed by atoms with van der Waals surface area (Å²) in [5.41, 5.74) is 4.50. The van der Waals surface area contributed by atoms with Gasteiger partial charge in [-0.1, -0.05) is 121 Å². The van der Waals surface area contributed by atoms with Crippen molar-refractivity contribution in [2.24, 2.45) is 0 Å². The summed E-state index contributed by atoms with van der Waals surface area (Å²) in [5, 5.41) is 11.8. The van der Waals surface area contributed by atoms with Gasteiger partial charge in [0.05, 0.1) is 0 Å². The second-order valence-electron chi connectivity index (χ2n) is 12.7. The smallest absolute Gasteiger partial charge is 0.164 e. The van der Waals surface area contributed by atoms with E-state index in [-0.39, 0.29) is 0 Å². The van der Waals surface area contributed by atoms with E-state index in [1.54, 1.807) is 11.3 Å². The monoisotopic (exact) mass is 655 g/mol. The first-order chi connectivity index (χ1) is 24.8. The minimum atomic E-state index is 0.615. The van der Waals surface area contributed by atoms with Gasteiger partial charge in [-0.3, -0.25) is 0 Å². The van der Waals surface area contributed by atoms with Gasteiger partial charge in [-0.15, -0.1) is 11.3 Å². The van der Waals surface area contributed by atoms with Crippen LogP contribution in [0.4, 0.5) is 0 Å². The third-order valence-corrected chi connectivity index (χ3v) is 11.1. The highest BCUT2D eigenvalue weighted by atomic mass is 32.1. The maximum Gasteiger partial charge on any atom is 0.164 e. The molecule has 0 N–H and O–H groups in total. The van der Waals surface area contributed by atoms with Crippen molar-refractivity contribution < 1.29 is 4.42 Å². The molecule has 3 heterocycles. The Morgan fingerprint density at radius 3 is 1.84 bits per heavy atom. The summed E-state index contributed by atoms with van der Waals surface area (Å²) in [6.07, 6.45) is 0. The SMILES string of the molecule is c1ccc2c(c1)ccc1c3ccc(-c4nc(-c5cccc6oc7ccccc7c56)nc(-c5cccc6sc7ccccc7c56)n4)cc3ccc21. The van der Waals surface area contributed by atoms with Crippen LogP contribution in [0.15, 0.2) is 156 Å². The van der Waals surface area contributed by atoms with E-state index in [2.05, 4.69) is 121 Å². The topological polar surface area (TPSA) is 51.8 Å². The molecule has 8 aromatic carbocycles. The molecule has 0 fully saturated rings. The van der Waals surface area contributed by atoms with Crippen LogP contribution in [0, 0.1) is 0 Å². The zero-order chi connectivity index (χ0) is 32.8. The Labute approximate surface area is 289 Å². The van der Waals surface area contributed by atoms with Crippen molar-refractivity contribution in [2.75, 3.05) is 0 Å². The lowest BCUT2D eigenvalue weighted by Gasteiger charge is -2.12. The van der Waals surface area contributed by atoms with Gasteiger partial charge in [-0.25, -0.2) is 15.0 Å². The summed E-state index contributed by atoms with van der Waals surface area (Å²) in [6, 6.07) is 53.3. The molecule has 0 radical (unpaired) electrons. The number of nitrogens with zero attached hydrogens (tertiary/aromatic N) is 3. The Bertz CT molecular complexity index is 3040. The van der Waals surface area contributed by atoms with Gasteiger partial charge in [0.15, 0.2) is 17.5 Å². The molecule has 0 aliphatic heterocycles. The normalized spacial score (nSPS) is 12.0. The number of para-hydroxylation sites is 1. The zero-order valence-corrected chi connectivity index (χ0v) is 27.4. The van der Waals surface area contributed by atoms with Gasteiger partial charge in [0, 0.05) is 47.6 Å². The lowest BCUT2D eigenvalue weighted by Crippen LogP contribution is -2.00. The highest BCUT2D eigenvalue weighted by molar-refractivity contribution is 7.25. The van der Waals surface area contributed by atoms with Crippen LogP contribution in [0.3, 0.4) is 0 Å². The van der Waals surface area contributed by atoms with Crippen LogP contribution in [-0.4, -0.2) is 15.0 Å². The lowest BCUT2D eigenvalue weighted by atomic mass is 9.96. The number of aromatic nitrogens is 3. The molecular weight excluding hydrogens is 631 g/mol. The van der Waals surface area contributed by atoms with E-state index in [9.17, 15) is 0 Å². The van der Waals surface area contributed by atoms with Crippen molar-refractivity contribution >= 4 is 85.8 Å². The lowest BCUT2D eigenvalue weighted by molar-refractivity contribution is 0.669. The minimum Gasteiger partial charge on any atom is -0.456 e. The van der Waals surface area contributed by atoms with Crippen LogP contribution in [-0.2, 0) is 0 Å². The fourth-order valence-electron chi connectivity index (χ4n) is 7.64. The van der Waals surface area contributed by atoms with E-state index >= 15 is 0 Å². The number of fused-ring (bicyclic) bond motifs is 11. The van der Waals surface area contributed by atoms with Gasteiger partial charge in [0.2, 0.25) is 0 Å². The fourth-order valence-corrected chi connectivity index (χ4v) is 8.77. The molecule has 0 unspecified atom stereocenters. The molecule has 0 amide bonds. The molecular formula is C45H25N3OS. The maximum atomic E-state index is 6.28. The Hall–Kier alpha value is -6.43. The molecule has 0 saturated carbocycles. The van der Waals surface area contributed by atoms with Crippen molar-refractivity contribution in [3.63, 3.8) is 0 Å². The van der Waals surface area contributed by atoms with Crippen LogP contribution >= 0.6 is 11.3 Å². The van der Waals surface area contributed by atoms with Crippen molar-refractivity contribution in [1.82, 2.24) is 15.0 Å². The molecule has 0 bridgehead atoms. The predicted molar refractivity (Wildman–Crippen MR) is 209 cm³/mol. The second kappa shape index (κ2) is 10.5. The third kappa shape index (κ3) is 4.08. The summed E-state index contributed by atoms with van der Waals surface area (Å²) in [4.78, 5) is 15.7. The second-order valence-corrected chi connectivity index (χ2v) is 13.8. The number of furan rings is 1. The first kappa shape index (κ1) is 27.5. The summed E-state index contributed by atoms with van der Waals surface area (Å²) in [6.45, 7) is 0.